The number of carbonyl (C=O) groups excluding carboxylic acids is 2. The molecule has 28 heavy (non-hydrogen) atoms. The minimum Gasteiger partial charge on any atom is -0.545 e. The van der Waals surface area contributed by atoms with Gasteiger partial charge in [-0.1, -0.05) is 46.4 Å². The summed E-state index contributed by atoms with van der Waals surface area (Å²) >= 11 is 22.6. The number of methoxy groups -OCH3 is 2. The van der Waals surface area contributed by atoms with Gasteiger partial charge in [0.2, 0.25) is 0 Å². The van der Waals surface area contributed by atoms with E-state index in [4.69, 9.17) is 55.9 Å². The van der Waals surface area contributed by atoms with Gasteiger partial charge in [-0.15, -0.1) is 0 Å². The third-order valence-electron chi connectivity index (χ3n) is 2.93. The zero-order valence-electron chi connectivity index (χ0n) is 13.9. The molecule has 12 heteroatoms. The van der Waals surface area contributed by atoms with E-state index in [0.717, 1.165) is 0 Å². The number of carbonyl (C=O) groups is 2. The molecule has 0 atom stereocenters. The number of halogens is 4. The molecule has 2 aromatic rings. The summed E-state index contributed by atoms with van der Waals surface area (Å²) in [4.78, 5) is 21.2. The Balaban J connectivity index is 0. The Morgan fingerprint density at radius 3 is 1.11 bits per heavy atom. The second-order valence-electron chi connectivity index (χ2n) is 4.45. The van der Waals surface area contributed by atoms with Gasteiger partial charge in [-0.2, -0.15) is 0 Å². The van der Waals surface area contributed by atoms with Gasteiger partial charge in [-0.25, -0.2) is 0 Å². The molecule has 0 fully saturated rings. The second kappa shape index (κ2) is 13.8. The molecule has 160 valence electrons. The van der Waals surface area contributed by atoms with E-state index in [1.807, 2.05) is 0 Å². The van der Waals surface area contributed by atoms with Crippen LogP contribution in [0.2, 0.25) is 20.1 Å². The first-order valence-electron chi connectivity index (χ1n) is 6.62. The van der Waals surface area contributed by atoms with Crippen LogP contribution < -0.4 is 19.7 Å². The first kappa shape index (κ1) is 29.8. The molecule has 0 N–H and O–H groups in total. The standard InChI is InChI=1S/2C8H6Cl2O3.2Ag/c2*1-13-7-5(10)3-2-4(9)6(7)8(11)12;;/h2*2-3H,1H3,(H,11,12);;/q;;2*+1/p-2. The van der Waals surface area contributed by atoms with Crippen LogP contribution in [0.25, 0.3) is 0 Å². The largest absolute Gasteiger partial charge is 1.00 e. The number of aromatic carboxylic acids is 2. The molecular weight excluding hydrogens is 646 g/mol. The Morgan fingerprint density at radius 1 is 0.679 bits per heavy atom. The molecule has 0 aliphatic heterocycles. The monoisotopic (exact) mass is 652 g/mol. The zero-order valence-corrected chi connectivity index (χ0v) is 19.9. The molecule has 0 aliphatic carbocycles. The average Bonchev–Trinajstić information content (AvgIpc) is 2.58. The van der Waals surface area contributed by atoms with Crippen molar-refractivity contribution in [3.63, 3.8) is 0 Å². The van der Waals surface area contributed by atoms with Crippen LogP contribution in [0.1, 0.15) is 20.7 Å². The van der Waals surface area contributed by atoms with Crippen molar-refractivity contribution < 1.29 is 74.0 Å². The fourth-order valence-electron chi connectivity index (χ4n) is 1.85. The summed E-state index contributed by atoms with van der Waals surface area (Å²) in [5, 5.41) is 21.7. The molecule has 0 aliphatic rings. The fourth-order valence-corrected chi connectivity index (χ4v) is 2.77. The Kier molecular flexibility index (Phi) is 14.7. The van der Waals surface area contributed by atoms with Gasteiger partial charge in [-0.05, 0) is 24.3 Å². The fraction of sp³-hybridized carbons (Fsp3) is 0.125. The minimum atomic E-state index is -1.41. The van der Waals surface area contributed by atoms with Crippen molar-refractivity contribution in [3.05, 3.63) is 55.5 Å². The van der Waals surface area contributed by atoms with Gasteiger partial charge in [0, 0.05) is 0 Å². The molecule has 0 saturated carbocycles. The maximum atomic E-state index is 10.6. The molecule has 6 nitrogen and oxygen atoms in total. The van der Waals surface area contributed by atoms with E-state index < -0.39 is 11.9 Å². The van der Waals surface area contributed by atoms with Crippen LogP contribution in [0.3, 0.4) is 0 Å². The molecular formula is C16H10Ag2Cl4O6. The van der Waals surface area contributed by atoms with Crippen LogP contribution in [0.5, 0.6) is 11.5 Å². The number of hydrogen-bond acceptors (Lipinski definition) is 6. The van der Waals surface area contributed by atoms with Crippen molar-refractivity contribution in [2.24, 2.45) is 0 Å². The summed E-state index contributed by atoms with van der Waals surface area (Å²) in [6.45, 7) is 0. The predicted octanol–water partition coefficient (Wildman–Crippen LogP) is 2.73. The van der Waals surface area contributed by atoms with Crippen LogP contribution in [-0.2, 0) is 44.8 Å². The molecule has 2 aromatic carbocycles. The maximum absolute atomic E-state index is 10.6. The Labute approximate surface area is 212 Å². The summed E-state index contributed by atoms with van der Waals surface area (Å²) in [6.07, 6.45) is 0. The van der Waals surface area contributed by atoms with Crippen molar-refractivity contribution in [1.29, 1.82) is 0 Å². The summed E-state index contributed by atoms with van der Waals surface area (Å²) < 4.78 is 9.56. The molecule has 0 radical (unpaired) electrons. The van der Waals surface area contributed by atoms with E-state index in [1.165, 1.54) is 38.5 Å². The molecule has 0 saturated heterocycles. The second-order valence-corrected chi connectivity index (χ2v) is 6.08. The van der Waals surface area contributed by atoms with Crippen molar-refractivity contribution >= 4 is 58.3 Å². The Morgan fingerprint density at radius 2 is 0.929 bits per heavy atom. The number of carboxylic acids is 2. The van der Waals surface area contributed by atoms with Crippen molar-refractivity contribution in [3.8, 4) is 11.5 Å². The molecule has 0 aromatic heterocycles. The Bertz CT molecular complexity index is 779. The van der Waals surface area contributed by atoms with Gasteiger partial charge in [0.05, 0.1) is 57.4 Å². The van der Waals surface area contributed by atoms with Crippen LogP contribution in [0.15, 0.2) is 24.3 Å². The minimum absolute atomic E-state index is 0. The molecule has 0 amide bonds. The number of ether oxygens (including phenoxy) is 2. The van der Waals surface area contributed by atoms with Gasteiger partial charge >= 0.3 is 44.8 Å². The van der Waals surface area contributed by atoms with Gasteiger partial charge in [-0.3, -0.25) is 0 Å². The van der Waals surface area contributed by atoms with E-state index in [9.17, 15) is 19.8 Å². The SMILES string of the molecule is COc1c(Cl)ccc(Cl)c1C(=O)[O-].COc1c(Cl)ccc(Cl)c1C(=O)[O-].[Ag+].[Ag+]. The zero-order chi connectivity index (χ0) is 20.0. The quantitative estimate of drug-likeness (QED) is 0.470. The third kappa shape index (κ3) is 7.46. The summed E-state index contributed by atoms with van der Waals surface area (Å²) in [6, 6.07) is 5.65. The molecule has 0 spiro atoms. The van der Waals surface area contributed by atoms with Gasteiger partial charge in [0.15, 0.2) is 0 Å². The predicted molar refractivity (Wildman–Crippen MR) is 94.7 cm³/mol. The average molecular weight is 656 g/mol. The summed E-state index contributed by atoms with van der Waals surface area (Å²) in [5.74, 6) is -2.78. The topological polar surface area (TPSA) is 98.7 Å². The van der Waals surface area contributed by atoms with Gasteiger partial charge in [0.25, 0.3) is 0 Å². The van der Waals surface area contributed by atoms with Crippen molar-refractivity contribution in [1.82, 2.24) is 0 Å². The van der Waals surface area contributed by atoms with Crippen molar-refractivity contribution in [2.45, 2.75) is 0 Å². The van der Waals surface area contributed by atoms with E-state index in [1.54, 1.807) is 0 Å². The Hall–Kier alpha value is -0.379. The summed E-state index contributed by atoms with van der Waals surface area (Å²) in [5.41, 5.74) is -0.451. The van der Waals surface area contributed by atoms with Crippen LogP contribution in [0.4, 0.5) is 0 Å². The maximum Gasteiger partial charge on any atom is 1.00 e. The first-order chi connectivity index (χ1) is 12.1. The van der Waals surface area contributed by atoms with Gasteiger partial charge < -0.3 is 29.3 Å². The third-order valence-corrected chi connectivity index (χ3v) is 4.16. The molecule has 0 bridgehead atoms. The summed E-state index contributed by atoms with van der Waals surface area (Å²) in [7, 11) is 2.62. The normalized spacial score (nSPS) is 9.07. The van der Waals surface area contributed by atoms with Crippen LogP contribution in [-0.4, -0.2) is 26.2 Å². The van der Waals surface area contributed by atoms with E-state index >= 15 is 0 Å². The number of rotatable bonds is 4. The van der Waals surface area contributed by atoms with Crippen LogP contribution >= 0.6 is 46.4 Å². The van der Waals surface area contributed by atoms with Crippen LogP contribution in [0, 0.1) is 0 Å². The van der Waals surface area contributed by atoms with E-state index in [2.05, 4.69) is 0 Å². The number of benzene rings is 2. The van der Waals surface area contributed by atoms with E-state index in [0.29, 0.717) is 0 Å². The van der Waals surface area contributed by atoms with Crippen molar-refractivity contribution in [2.75, 3.05) is 14.2 Å². The molecule has 2 rings (SSSR count). The van der Waals surface area contributed by atoms with E-state index in [-0.39, 0.29) is 87.5 Å². The van der Waals surface area contributed by atoms with Gasteiger partial charge in [0.1, 0.15) is 11.5 Å². The first-order valence-corrected chi connectivity index (χ1v) is 8.13. The smallest absolute Gasteiger partial charge is 0.545 e. The number of hydrogen-bond donors (Lipinski definition) is 0. The molecule has 0 unspecified atom stereocenters. The molecule has 0 heterocycles. The number of carboxylic acid groups (broad SMARTS) is 2.